The highest BCUT2D eigenvalue weighted by molar-refractivity contribution is 7.89. The van der Waals surface area contributed by atoms with E-state index in [1.54, 1.807) is 12.3 Å². The molecule has 3 rings (SSSR count). The maximum absolute atomic E-state index is 11.8. The number of aromatic nitrogens is 1. The molecule has 7 nitrogen and oxygen atoms in total. The molecule has 0 bridgehead atoms. The number of morpholine rings is 1. The predicted octanol–water partition coefficient (Wildman–Crippen LogP) is 1.05. The molecule has 2 aliphatic rings. The Kier molecular flexibility index (Phi) is 5.62. The van der Waals surface area contributed by atoms with E-state index in [1.807, 2.05) is 4.90 Å². The van der Waals surface area contributed by atoms with E-state index in [0.29, 0.717) is 11.7 Å². The zero-order valence-corrected chi connectivity index (χ0v) is 15.8. The van der Waals surface area contributed by atoms with Gasteiger partial charge in [0, 0.05) is 38.9 Å². The molecule has 8 heteroatoms. The van der Waals surface area contributed by atoms with Crippen LogP contribution in [0.15, 0.2) is 23.2 Å². The highest BCUT2D eigenvalue weighted by atomic mass is 32.2. The van der Waals surface area contributed by atoms with Crippen LogP contribution < -0.4 is 10.0 Å². The highest BCUT2D eigenvalue weighted by Crippen LogP contribution is 2.27. The van der Waals surface area contributed by atoms with E-state index in [1.165, 1.54) is 6.07 Å². The quantitative estimate of drug-likeness (QED) is 0.855. The Hall–Kier alpha value is -1.22. The summed E-state index contributed by atoms with van der Waals surface area (Å²) in [5.41, 5.74) is 0. The SMILES string of the molecule is CC1CN(CC2CCN(c3ncccc3S(N)(=O)=O)CC2)CC(C)O1. The molecule has 0 aromatic carbocycles. The number of sulfonamides is 1. The van der Waals surface area contributed by atoms with Gasteiger partial charge in [0.15, 0.2) is 0 Å². The Morgan fingerprint density at radius 1 is 1.24 bits per heavy atom. The van der Waals surface area contributed by atoms with Crippen LogP contribution in [-0.2, 0) is 14.8 Å². The molecule has 0 saturated carbocycles. The summed E-state index contributed by atoms with van der Waals surface area (Å²) in [5, 5.41) is 5.33. The van der Waals surface area contributed by atoms with Crippen molar-refractivity contribution in [2.45, 2.75) is 43.8 Å². The zero-order chi connectivity index (χ0) is 18.0. The molecule has 3 heterocycles. The van der Waals surface area contributed by atoms with Gasteiger partial charge in [-0.2, -0.15) is 0 Å². The number of primary sulfonamides is 1. The normalized spacial score (nSPS) is 26.8. The lowest BCUT2D eigenvalue weighted by Gasteiger charge is -2.39. The van der Waals surface area contributed by atoms with Crippen LogP contribution in [0, 0.1) is 5.92 Å². The molecule has 2 atom stereocenters. The molecule has 0 spiro atoms. The van der Waals surface area contributed by atoms with Crippen molar-refractivity contribution < 1.29 is 13.2 Å². The van der Waals surface area contributed by atoms with E-state index < -0.39 is 10.0 Å². The van der Waals surface area contributed by atoms with Crippen LogP contribution in [-0.4, -0.2) is 63.2 Å². The molecule has 2 unspecified atom stereocenters. The number of nitrogens with two attached hydrogens (primary N) is 1. The van der Waals surface area contributed by atoms with Gasteiger partial charge in [0.2, 0.25) is 10.0 Å². The Morgan fingerprint density at radius 3 is 2.48 bits per heavy atom. The number of rotatable bonds is 4. The van der Waals surface area contributed by atoms with Gasteiger partial charge in [0.25, 0.3) is 0 Å². The molecule has 2 N–H and O–H groups in total. The fraction of sp³-hybridized carbons (Fsp3) is 0.706. The first-order valence-electron chi connectivity index (χ1n) is 8.93. The van der Waals surface area contributed by atoms with Crippen molar-refractivity contribution in [1.29, 1.82) is 0 Å². The van der Waals surface area contributed by atoms with Crippen LogP contribution in [0.4, 0.5) is 5.82 Å². The van der Waals surface area contributed by atoms with Crippen molar-refractivity contribution in [2.75, 3.05) is 37.6 Å². The van der Waals surface area contributed by atoms with Gasteiger partial charge in [-0.1, -0.05) is 0 Å². The van der Waals surface area contributed by atoms with Gasteiger partial charge in [0.1, 0.15) is 10.7 Å². The van der Waals surface area contributed by atoms with E-state index in [0.717, 1.165) is 45.6 Å². The van der Waals surface area contributed by atoms with E-state index in [4.69, 9.17) is 9.88 Å². The number of anilines is 1. The summed E-state index contributed by atoms with van der Waals surface area (Å²) >= 11 is 0. The van der Waals surface area contributed by atoms with Crippen molar-refractivity contribution in [1.82, 2.24) is 9.88 Å². The molecule has 2 saturated heterocycles. The molecule has 0 aliphatic carbocycles. The highest BCUT2D eigenvalue weighted by Gasteiger charge is 2.28. The largest absolute Gasteiger partial charge is 0.373 e. The molecule has 140 valence electrons. The van der Waals surface area contributed by atoms with Crippen molar-refractivity contribution in [3.8, 4) is 0 Å². The van der Waals surface area contributed by atoms with Crippen LogP contribution in [0.25, 0.3) is 0 Å². The third-order valence-corrected chi connectivity index (χ3v) is 5.91. The minimum Gasteiger partial charge on any atom is -0.373 e. The fourth-order valence-electron chi connectivity index (χ4n) is 3.97. The van der Waals surface area contributed by atoms with Crippen molar-refractivity contribution in [3.05, 3.63) is 18.3 Å². The molecule has 1 aromatic rings. The number of ether oxygens (including phenoxy) is 1. The Balaban J connectivity index is 1.59. The van der Waals surface area contributed by atoms with E-state index >= 15 is 0 Å². The zero-order valence-electron chi connectivity index (χ0n) is 15.0. The van der Waals surface area contributed by atoms with Crippen molar-refractivity contribution in [3.63, 3.8) is 0 Å². The first-order chi connectivity index (χ1) is 11.8. The fourth-order valence-corrected chi connectivity index (χ4v) is 4.67. The standard InChI is InChI=1S/C17H28N4O3S/c1-13-10-20(11-14(2)24-13)12-15-5-8-21(9-6-15)17-16(25(18,22)23)4-3-7-19-17/h3-4,7,13-15H,5-6,8-12H2,1-2H3,(H2,18,22,23). The Labute approximate surface area is 150 Å². The van der Waals surface area contributed by atoms with Crippen LogP contribution in [0.3, 0.4) is 0 Å². The maximum atomic E-state index is 11.8. The van der Waals surface area contributed by atoms with Gasteiger partial charge < -0.3 is 9.64 Å². The van der Waals surface area contributed by atoms with E-state index in [2.05, 4.69) is 23.7 Å². The topological polar surface area (TPSA) is 88.8 Å². The van der Waals surface area contributed by atoms with Crippen molar-refractivity contribution in [2.24, 2.45) is 11.1 Å². The molecule has 1 aromatic heterocycles. The minimum absolute atomic E-state index is 0.115. The van der Waals surface area contributed by atoms with E-state index in [9.17, 15) is 8.42 Å². The lowest BCUT2D eigenvalue weighted by molar-refractivity contribution is -0.0720. The molecule has 0 radical (unpaired) electrons. The van der Waals surface area contributed by atoms with Gasteiger partial charge in [-0.25, -0.2) is 18.5 Å². The summed E-state index contributed by atoms with van der Waals surface area (Å²) in [5.74, 6) is 1.10. The second kappa shape index (κ2) is 7.57. The summed E-state index contributed by atoms with van der Waals surface area (Å²) in [6.45, 7) is 8.92. The molecular formula is C17H28N4O3S. The summed E-state index contributed by atoms with van der Waals surface area (Å²) in [6.07, 6.45) is 4.25. The second-order valence-electron chi connectivity index (χ2n) is 7.28. The van der Waals surface area contributed by atoms with Crippen LogP contribution in [0.1, 0.15) is 26.7 Å². The summed E-state index contributed by atoms with van der Waals surface area (Å²) in [4.78, 5) is 8.92. The van der Waals surface area contributed by atoms with Gasteiger partial charge in [-0.15, -0.1) is 0 Å². The van der Waals surface area contributed by atoms with Gasteiger partial charge in [0.05, 0.1) is 12.2 Å². The van der Waals surface area contributed by atoms with Crippen LogP contribution in [0.2, 0.25) is 0 Å². The third kappa shape index (κ3) is 4.69. The summed E-state index contributed by atoms with van der Waals surface area (Å²) < 4.78 is 29.4. The second-order valence-corrected chi connectivity index (χ2v) is 8.81. The molecule has 0 amide bonds. The van der Waals surface area contributed by atoms with Gasteiger partial charge >= 0.3 is 0 Å². The smallest absolute Gasteiger partial charge is 0.241 e. The van der Waals surface area contributed by atoms with Crippen molar-refractivity contribution >= 4 is 15.8 Å². The number of hydrogen-bond acceptors (Lipinski definition) is 6. The Morgan fingerprint density at radius 2 is 1.88 bits per heavy atom. The van der Waals surface area contributed by atoms with Crippen LogP contribution >= 0.6 is 0 Å². The summed E-state index contributed by atoms with van der Waals surface area (Å²) in [7, 11) is -3.76. The minimum atomic E-state index is -3.76. The molecule has 2 aliphatic heterocycles. The molecular weight excluding hydrogens is 340 g/mol. The average molecular weight is 369 g/mol. The number of pyridine rings is 1. The monoisotopic (exact) mass is 368 g/mol. The average Bonchev–Trinajstić information content (AvgIpc) is 2.54. The number of piperidine rings is 1. The van der Waals surface area contributed by atoms with E-state index in [-0.39, 0.29) is 17.1 Å². The first kappa shape index (κ1) is 18.6. The molecule has 2 fully saturated rings. The number of hydrogen-bond donors (Lipinski definition) is 1. The predicted molar refractivity (Wildman–Crippen MR) is 97.0 cm³/mol. The lowest BCUT2D eigenvalue weighted by Crippen LogP contribution is -2.48. The summed E-state index contributed by atoms with van der Waals surface area (Å²) in [6, 6.07) is 3.14. The van der Waals surface area contributed by atoms with Gasteiger partial charge in [-0.05, 0) is 44.7 Å². The lowest BCUT2D eigenvalue weighted by atomic mass is 9.95. The third-order valence-electron chi connectivity index (χ3n) is 4.98. The first-order valence-corrected chi connectivity index (χ1v) is 10.5. The molecule has 25 heavy (non-hydrogen) atoms. The number of nitrogens with zero attached hydrogens (tertiary/aromatic N) is 3. The Bertz CT molecular complexity index is 679. The van der Waals surface area contributed by atoms with Crippen LogP contribution in [0.5, 0.6) is 0 Å². The van der Waals surface area contributed by atoms with Gasteiger partial charge in [-0.3, -0.25) is 4.90 Å². The maximum Gasteiger partial charge on any atom is 0.241 e.